The molecule has 4 rings (SSSR count). The maximum absolute atomic E-state index is 13.0. The fourth-order valence-corrected chi connectivity index (χ4v) is 5.45. The van der Waals surface area contributed by atoms with Crippen LogP contribution >= 0.6 is 15.9 Å². The summed E-state index contributed by atoms with van der Waals surface area (Å²) >= 11 is 3.49. The van der Waals surface area contributed by atoms with Gasteiger partial charge in [0.15, 0.2) is 17.3 Å². The zero-order valence-electron chi connectivity index (χ0n) is 22.1. The van der Waals surface area contributed by atoms with Gasteiger partial charge in [-0.1, -0.05) is 25.1 Å². The fourth-order valence-electron chi connectivity index (χ4n) is 4.27. The van der Waals surface area contributed by atoms with Gasteiger partial charge in [-0.2, -0.15) is 21.6 Å². The van der Waals surface area contributed by atoms with Crippen molar-refractivity contribution in [2.24, 2.45) is 0 Å². The first-order valence-electron chi connectivity index (χ1n) is 12.2. The summed E-state index contributed by atoms with van der Waals surface area (Å²) in [6, 6.07) is 11.0. The number of para-hydroxylation sites is 1. The number of imidazole rings is 1. The van der Waals surface area contributed by atoms with E-state index in [1.165, 1.54) is 18.2 Å². The van der Waals surface area contributed by atoms with Crippen molar-refractivity contribution in [3.8, 4) is 11.3 Å². The van der Waals surface area contributed by atoms with Crippen molar-refractivity contribution in [2.75, 3.05) is 30.8 Å². The van der Waals surface area contributed by atoms with E-state index in [0.717, 1.165) is 17.8 Å². The summed E-state index contributed by atoms with van der Waals surface area (Å²) in [6.07, 6.45) is 1.48. The second-order valence-electron chi connectivity index (χ2n) is 9.18. The summed E-state index contributed by atoms with van der Waals surface area (Å²) in [7, 11) is -0.453. The van der Waals surface area contributed by atoms with Crippen LogP contribution in [0.1, 0.15) is 35.2 Å². The third-order valence-corrected chi connectivity index (χ3v) is 8.01. The first-order valence-corrected chi connectivity index (χ1v) is 14.4. The molecule has 14 heteroatoms. The standard InChI is InChI=1S/C26H27BrF3N5O4S/c1-5-8-20-32-24(34(3)4)22(25(36)31-2)35(20)14-15-11-12-19-17(13-15)21(27)23(39-19)16-9-6-7-10-18(16)33-40(37,38)26(28,29)30/h6-7,9-13,33H,5,8,14H2,1-4H3,(H,31,36). The number of fused-ring (bicyclic) bond motifs is 1. The SMILES string of the molecule is CCCc1nc(N(C)C)c(C(=O)NC)n1Cc1ccc2oc(-c3ccccc3NS(=O)(=O)C(F)(F)F)c(Br)c2c1. The number of carbonyl (C=O) groups is 1. The molecule has 2 N–H and O–H groups in total. The third-order valence-electron chi connectivity index (χ3n) is 6.12. The van der Waals surface area contributed by atoms with Gasteiger partial charge >= 0.3 is 15.5 Å². The normalized spacial score (nSPS) is 12.1. The first kappa shape index (κ1) is 29.5. The molecule has 0 fully saturated rings. The number of hydrogen-bond donors (Lipinski definition) is 2. The number of sulfonamides is 1. The zero-order valence-corrected chi connectivity index (χ0v) is 24.5. The predicted octanol–water partition coefficient (Wildman–Crippen LogP) is 5.75. The minimum Gasteiger partial charge on any atom is -0.455 e. The van der Waals surface area contributed by atoms with E-state index in [4.69, 9.17) is 9.40 Å². The topological polar surface area (TPSA) is 109 Å². The Bertz CT molecular complexity index is 1680. The molecule has 0 aliphatic heterocycles. The Kier molecular flexibility index (Phi) is 8.22. The zero-order chi connectivity index (χ0) is 29.4. The number of aryl methyl sites for hydroxylation is 1. The lowest BCUT2D eigenvalue weighted by Crippen LogP contribution is -2.30. The number of carbonyl (C=O) groups excluding carboxylic acids is 1. The highest BCUT2D eigenvalue weighted by Crippen LogP contribution is 2.42. The van der Waals surface area contributed by atoms with Crippen molar-refractivity contribution in [3.05, 3.63) is 64.0 Å². The van der Waals surface area contributed by atoms with Crippen molar-refractivity contribution in [1.29, 1.82) is 0 Å². The van der Waals surface area contributed by atoms with Gasteiger partial charge in [-0.05, 0) is 52.2 Å². The van der Waals surface area contributed by atoms with Crippen LogP contribution in [-0.2, 0) is 23.0 Å². The average Bonchev–Trinajstić information content (AvgIpc) is 3.41. The van der Waals surface area contributed by atoms with Gasteiger partial charge in [0.25, 0.3) is 5.91 Å². The predicted molar refractivity (Wildman–Crippen MR) is 151 cm³/mol. The van der Waals surface area contributed by atoms with Gasteiger partial charge in [0, 0.05) is 45.1 Å². The monoisotopic (exact) mass is 641 g/mol. The number of nitrogens with zero attached hydrogens (tertiary/aromatic N) is 3. The number of hydrogen-bond acceptors (Lipinski definition) is 6. The number of anilines is 2. The maximum atomic E-state index is 13.0. The Labute approximate surface area is 237 Å². The van der Waals surface area contributed by atoms with E-state index >= 15 is 0 Å². The molecule has 4 aromatic rings. The number of alkyl halides is 3. The summed E-state index contributed by atoms with van der Waals surface area (Å²) in [5, 5.41) is 3.30. The van der Waals surface area contributed by atoms with Crippen LogP contribution in [0.4, 0.5) is 24.7 Å². The van der Waals surface area contributed by atoms with Crippen LogP contribution < -0.4 is 14.9 Å². The molecule has 0 aliphatic carbocycles. The van der Waals surface area contributed by atoms with Crippen LogP contribution in [0.3, 0.4) is 0 Å². The molecule has 2 aromatic carbocycles. The molecule has 2 heterocycles. The molecule has 0 saturated heterocycles. The van der Waals surface area contributed by atoms with Crippen LogP contribution in [0.5, 0.6) is 0 Å². The quantitative estimate of drug-likeness (QED) is 0.241. The Morgan fingerprint density at radius 3 is 2.50 bits per heavy atom. The summed E-state index contributed by atoms with van der Waals surface area (Å²) in [4.78, 5) is 19.3. The van der Waals surface area contributed by atoms with Gasteiger partial charge in [0.2, 0.25) is 0 Å². The van der Waals surface area contributed by atoms with E-state index in [1.807, 2.05) is 37.7 Å². The average molecular weight is 642 g/mol. The molecule has 0 saturated carbocycles. The molecular formula is C26H27BrF3N5O4S. The third kappa shape index (κ3) is 5.55. The molecule has 0 bridgehead atoms. The van der Waals surface area contributed by atoms with E-state index in [-0.39, 0.29) is 22.9 Å². The Hall–Kier alpha value is -3.52. The lowest BCUT2D eigenvalue weighted by Gasteiger charge is -2.14. The number of amides is 1. The van der Waals surface area contributed by atoms with Crippen LogP contribution in [0.15, 0.2) is 51.4 Å². The molecule has 0 unspecified atom stereocenters. The second-order valence-corrected chi connectivity index (χ2v) is 11.6. The molecule has 0 aliphatic rings. The lowest BCUT2D eigenvalue weighted by molar-refractivity contribution is -0.0429. The van der Waals surface area contributed by atoms with Crippen LogP contribution in [0.2, 0.25) is 0 Å². The molecule has 9 nitrogen and oxygen atoms in total. The largest absolute Gasteiger partial charge is 0.516 e. The summed E-state index contributed by atoms with van der Waals surface area (Å²) in [5.74, 6) is 1.18. The van der Waals surface area contributed by atoms with E-state index in [2.05, 4.69) is 21.2 Å². The molecule has 0 radical (unpaired) electrons. The summed E-state index contributed by atoms with van der Waals surface area (Å²) in [6.45, 7) is 2.35. The highest BCUT2D eigenvalue weighted by Gasteiger charge is 2.46. The molecule has 40 heavy (non-hydrogen) atoms. The van der Waals surface area contributed by atoms with Gasteiger partial charge in [-0.3, -0.25) is 9.52 Å². The van der Waals surface area contributed by atoms with Crippen LogP contribution in [-0.4, -0.2) is 50.5 Å². The van der Waals surface area contributed by atoms with Gasteiger partial charge < -0.3 is 19.2 Å². The molecule has 1 amide bonds. The highest BCUT2D eigenvalue weighted by atomic mass is 79.9. The van der Waals surface area contributed by atoms with E-state index in [9.17, 15) is 26.4 Å². The summed E-state index contributed by atoms with van der Waals surface area (Å²) < 4.78 is 72.5. The van der Waals surface area contributed by atoms with E-state index < -0.39 is 15.5 Å². The minimum absolute atomic E-state index is 0.123. The van der Waals surface area contributed by atoms with Gasteiger partial charge in [-0.25, -0.2) is 4.98 Å². The molecule has 214 valence electrons. The van der Waals surface area contributed by atoms with Gasteiger partial charge in [0.05, 0.1) is 10.2 Å². The number of benzene rings is 2. The smallest absolute Gasteiger partial charge is 0.455 e. The molecular weight excluding hydrogens is 615 g/mol. The number of furan rings is 1. The van der Waals surface area contributed by atoms with Crippen LogP contribution in [0, 0.1) is 0 Å². The van der Waals surface area contributed by atoms with Gasteiger partial charge in [-0.15, -0.1) is 0 Å². The van der Waals surface area contributed by atoms with Crippen LogP contribution in [0.25, 0.3) is 22.3 Å². The van der Waals surface area contributed by atoms with Crippen molar-refractivity contribution in [2.45, 2.75) is 31.8 Å². The number of rotatable bonds is 9. The number of aromatic nitrogens is 2. The highest BCUT2D eigenvalue weighted by molar-refractivity contribution is 9.10. The molecule has 0 spiro atoms. The van der Waals surface area contributed by atoms with E-state index in [1.54, 1.807) is 28.8 Å². The van der Waals surface area contributed by atoms with Crippen molar-refractivity contribution in [3.63, 3.8) is 0 Å². The number of halogens is 4. The number of nitrogens with one attached hydrogen (secondary N) is 2. The lowest BCUT2D eigenvalue weighted by atomic mass is 10.1. The Morgan fingerprint density at radius 1 is 1.18 bits per heavy atom. The van der Waals surface area contributed by atoms with Crippen molar-refractivity contribution >= 4 is 54.3 Å². The summed E-state index contributed by atoms with van der Waals surface area (Å²) in [5.41, 5.74) is -3.97. The minimum atomic E-state index is -5.64. The fraction of sp³-hybridized carbons (Fsp3) is 0.308. The van der Waals surface area contributed by atoms with Gasteiger partial charge in [0.1, 0.15) is 11.4 Å². The Balaban J connectivity index is 1.79. The molecule has 2 aromatic heterocycles. The Morgan fingerprint density at radius 2 is 1.88 bits per heavy atom. The van der Waals surface area contributed by atoms with E-state index in [0.29, 0.717) is 39.9 Å². The molecule has 0 atom stereocenters. The second kappa shape index (κ2) is 11.2. The maximum Gasteiger partial charge on any atom is 0.516 e. The first-order chi connectivity index (χ1) is 18.8. The van der Waals surface area contributed by atoms with Crippen molar-refractivity contribution < 1.29 is 30.8 Å². The van der Waals surface area contributed by atoms with Crippen molar-refractivity contribution in [1.82, 2.24) is 14.9 Å².